The molecule has 1 fully saturated rings. The highest BCUT2D eigenvalue weighted by Crippen LogP contribution is 2.36. The first kappa shape index (κ1) is 10.6. The molecule has 0 radical (unpaired) electrons. The Morgan fingerprint density at radius 2 is 2.23 bits per heavy atom. The van der Waals surface area contributed by atoms with Crippen molar-refractivity contribution in [1.29, 1.82) is 0 Å². The first-order valence-electron chi connectivity index (χ1n) is 5.05. The van der Waals surface area contributed by atoms with Gasteiger partial charge in [-0.25, -0.2) is 0 Å². The van der Waals surface area contributed by atoms with Gasteiger partial charge in [0.1, 0.15) is 0 Å². The molecule has 74 valence electrons. The Kier molecular flexibility index (Phi) is 3.77. The van der Waals surface area contributed by atoms with E-state index in [0.29, 0.717) is 6.54 Å². The van der Waals surface area contributed by atoms with Crippen LogP contribution >= 0.6 is 0 Å². The van der Waals surface area contributed by atoms with Gasteiger partial charge in [0.15, 0.2) is 0 Å². The molecule has 0 aromatic rings. The van der Waals surface area contributed by atoms with Gasteiger partial charge in [-0.05, 0) is 26.2 Å². The predicted molar refractivity (Wildman–Crippen MR) is 56.3 cm³/mol. The van der Waals surface area contributed by atoms with Crippen molar-refractivity contribution in [2.45, 2.75) is 38.6 Å². The molecule has 1 atom stereocenters. The molecule has 0 aromatic carbocycles. The van der Waals surface area contributed by atoms with Crippen molar-refractivity contribution in [2.24, 2.45) is 11.7 Å². The van der Waals surface area contributed by atoms with Gasteiger partial charge in [0, 0.05) is 12.1 Å². The van der Waals surface area contributed by atoms with Crippen LogP contribution < -0.4 is 11.1 Å². The summed E-state index contributed by atoms with van der Waals surface area (Å²) < 4.78 is 0. The van der Waals surface area contributed by atoms with Crippen LogP contribution in [0.25, 0.3) is 0 Å². The van der Waals surface area contributed by atoms with E-state index in [1.807, 2.05) is 6.92 Å². The van der Waals surface area contributed by atoms with Crippen LogP contribution in [0, 0.1) is 17.8 Å². The highest BCUT2D eigenvalue weighted by molar-refractivity contribution is 5.00. The molecule has 0 heterocycles. The van der Waals surface area contributed by atoms with Crippen LogP contribution in [0.4, 0.5) is 0 Å². The van der Waals surface area contributed by atoms with Crippen molar-refractivity contribution >= 4 is 0 Å². The summed E-state index contributed by atoms with van der Waals surface area (Å²) in [7, 11) is 0. The first-order valence-corrected chi connectivity index (χ1v) is 5.05. The van der Waals surface area contributed by atoms with Gasteiger partial charge in [-0.2, -0.15) is 0 Å². The van der Waals surface area contributed by atoms with Crippen molar-refractivity contribution < 1.29 is 0 Å². The van der Waals surface area contributed by atoms with Gasteiger partial charge >= 0.3 is 0 Å². The van der Waals surface area contributed by atoms with Crippen molar-refractivity contribution in [3.05, 3.63) is 0 Å². The minimum absolute atomic E-state index is 0.102. The van der Waals surface area contributed by atoms with E-state index in [2.05, 4.69) is 24.1 Å². The Balaban J connectivity index is 2.30. The molecule has 1 aliphatic rings. The summed E-state index contributed by atoms with van der Waals surface area (Å²) in [6.07, 6.45) is 3.97. The lowest BCUT2D eigenvalue weighted by Gasteiger charge is -2.28. The van der Waals surface area contributed by atoms with Crippen LogP contribution in [0.15, 0.2) is 0 Å². The molecule has 3 N–H and O–H groups in total. The third-order valence-corrected chi connectivity index (χ3v) is 2.67. The van der Waals surface area contributed by atoms with Crippen LogP contribution in [0.2, 0.25) is 0 Å². The van der Waals surface area contributed by atoms with E-state index in [1.54, 1.807) is 0 Å². The van der Waals surface area contributed by atoms with Crippen LogP contribution in [-0.2, 0) is 0 Å². The largest absolute Gasteiger partial charge is 0.329 e. The minimum Gasteiger partial charge on any atom is -0.329 e. The highest BCUT2D eigenvalue weighted by atomic mass is 15.0. The Bertz CT molecular complexity index is 210. The van der Waals surface area contributed by atoms with Gasteiger partial charge < -0.3 is 5.73 Å². The number of nitrogens with one attached hydrogen (secondary N) is 1. The number of nitrogens with two attached hydrogens (primary N) is 1. The second kappa shape index (κ2) is 4.64. The summed E-state index contributed by atoms with van der Waals surface area (Å²) >= 11 is 0. The molecule has 0 aliphatic heterocycles. The van der Waals surface area contributed by atoms with Crippen LogP contribution in [-0.4, -0.2) is 18.6 Å². The fourth-order valence-electron chi connectivity index (χ4n) is 1.53. The molecular weight excluding hydrogens is 160 g/mol. The van der Waals surface area contributed by atoms with Gasteiger partial charge in [0.2, 0.25) is 0 Å². The van der Waals surface area contributed by atoms with E-state index in [-0.39, 0.29) is 5.54 Å². The van der Waals surface area contributed by atoms with Gasteiger partial charge in [0.05, 0.1) is 6.54 Å². The summed E-state index contributed by atoms with van der Waals surface area (Å²) in [5.41, 5.74) is 5.86. The smallest absolute Gasteiger partial charge is 0.0580 e. The first-order chi connectivity index (χ1) is 6.20. The lowest BCUT2D eigenvalue weighted by atomic mass is 9.95. The minimum atomic E-state index is 0.102. The molecule has 2 heteroatoms. The predicted octanol–water partition coefficient (Wildman–Crippen LogP) is 1.12. The lowest BCUT2D eigenvalue weighted by molar-refractivity contribution is 0.338. The molecule has 13 heavy (non-hydrogen) atoms. The number of hydrogen-bond donors (Lipinski definition) is 2. The Hall–Kier alpha value is -0.520. The van der Waals surface area contributed by atoms with Crippen LogP contribution in [0.1, 0.15) is 33.1 Å². The topological polar surface area (TPSA) is 38.0 Å². The quantitative estimate of drug-likeness (QED) is 0.622. The molecule has 2 nitrogen and oxygen atoms in total. The van der Waals surface area contributed by atoms with Crippen molar-refractivity contribution in [3.8, 4) is 11.8 Å². The molecule has 1 unspecified atom stereocenters. The average Bonchev–Trinajstić information content (AvgIpc) is 2.89. The average molecular weight is 180 g/mol. The fraction of sp³-hybridized carbons (Fsp3) is 0.818. The van der Waals surface area contributed by atoms with Gasteiger partial charge in [0.25, 0.3) is 0 Å². The van der Waals surface area contributed by atoms with E-state index < -0.39 is 0 Å². The van der Waals surface area contributed by atoms with E-state index in [4.69, 9.17) is 5.73 Å². The zero-order valence-electron chi connectivity index (χ0n) is 8.69. The summed E-state index contributed by atoms with van der Waals surface area (Å²) in [4.78, 5) is 0. The molecule has 1 aliphatic carbocycles. The van der Waals surface area contributed by atoms with Gasteiger partial charge in [-0.15, -0.1) is 5.92 Å². The van der Waals surface area contributed by atoms with Crippen molar-refractivity contribution in [3.63, 3.8) is 0 Å². The maximum absolute atomic E-state index is 5.75. The molecule has 0 saturated heterocycles. The second-order valence-electron chi connectivity index (χ2n) is 4.19. The molecular formula is C11H20N2. The molecule has 0 bridgehead atoms. The highest BCUT2D eigenvalue weighted by Gasteiger charge is 2.31. The standard InChI is InChI=1S/C11H20N2/c1-3-4-7-13-11(2,9-12)8-10-5-6-10/h10,13H,5-9,12H2,1-2H3. The normalized spacial score (nSPS) is 20.2. The zero-order valence-corrected chi connectivity index (χ0v) is 8.69. The Labute approximate surface area is 81.3 Å². The molecule has 0 amide bonds. The number of rotatable bonds is 5. The SMILES string of the molecule is CC#CCNC(C)(CN)CC1CC1. The monoisotopic (exact) mass is 180 g/mol. The second-order valence-corrected chi connectivity index (χ2v) is 4.19. The molecule has 0 spiro atoms. The van der Waals surface area contributed by atoms with Crippen LogP contribution in [0.5, 0.6) is 0 Å². The third-order valence-electron chi connectivity index (χ3n) is 2.67. The van der Waals surface area contributed by atoms with E-state index in [1.165, 1.54) is 19.3 Å². The Morgan fingerprint density at radius 3 is 2.69 bits per heavy atom. The van der Waals surface area contributed by atoms with Gasteiger partial charge in [-0.1, -0.05) is 18.8 Å². The lowest BCUT2D eigenvalue weighted by Crippen LogP contribution is -2.49. The molecule has 1 rings (SSSR count). The molecule has 0 aromatic heterocycles. The van der Waals surface area contributed by atoms with E-state index in [0.717, 1.165) is 12.5 Å². The zero-order chi connectivity index (χ0) is 9.73. The van der Waals surface area contributed by atoms with Gasteiger partial charge in [-0.3, -0.25) is 5.32 Å². The van der Waals surface area contributed by atoms with Crippen molar-refractivity contribution in [2.75, 3.05) is 13.1 Å². The van der Waals surface area contributed by atoms with Crippen molar-refractivity contribution in [1.82, 2.24) is 5.32 Å². The summed E-state index contributed by atoms with van der Waals surface area (Å²) in [5, 5.41) is 3.42. The fourth-order valence-corrected chi connectivity index (χ4v) is 1.53. The van der Waals surface area contributed by atoms with E-state index in [9.17, 15) is 0 Å². The van der Waals surface area contributed by atoms with Crippen LogP contribution in [0.3, 0.4) is 0 Å². The van der Waals surface area contributed by atoms with E-state index >= 15 is 0 Å². The number of hydrogen-bond acceptors (Lipinski definition) is 2. The summed E-state index contributed by atoms with van der Waals surface area (Å²) in [6, 6.07) is 0. The maximum Gasteiger partial charge on any atom is 0.0580 e. The molecule has 1 saturated carbocycles. The summed E-state index contributed by atoms with van der Waals surface area (Å²) in [6.45, 7) is 5.52. The summed E-state index contributed by atoms with van der Waals surface area (Å²) in [5.74, 6) is 6.81. The maximum atomic E-state index is 5.75. The third kappa shape index (κ3) is 3.80. The Morgan fingerprint density at radius 1 is 1.54 bits per heavy atom.